The van der Waals surface area contributed by atoms with Gasteiger partial charge in [-0.15, -0.1) is 0 Å². The Morgan fingerprint density at radius 2 is 2.23 bits per heavy atom. The second kappa shape index (κ2) is 7.16. The molecule has 1 heterocycles. The summed E-state index contributed by atoms with van der Waals surface area (Å²) in [6.07, 6.45) is 3.73. The Morgan fingerprint density at radius 3 is 2.77 bits per heavy atom. The van der Waals surface area contributed by atoms with Crippen molar-refractivity contribution in [2.75, 3.05) is 0 Å². The number of benzene rings is 1. The summed E-state index contributed by atoms with van der Waals surface area (Å²) < 4.78 is 1.58. The first-order chi connectivity index (χ1) is 10.0. The molecule has 0 saturated heterocycles. The topological polar surface area (TPSA) is 50.9 Å². The molecule has 2 unspecified atom stereocenters. The van der Waals surface area contributed by atoms with Crippen molar-refractivity contribution in [1.82, 2.24) is 14.8 Å². The van der Waals surface area contributed by atoms with Gasteiger partial charge in [-0.1, -0.05) is 30.7 Å². The van der Waals surface area contributed by atoms with Crippen molar-refractivity contribution in [3.8, 4) is 0 Å². The van der Waals surface area contributed by atoms with E-state index in [2.05, 4.69) is 17.0 Å². The summed E-state index contributed by atoms with van der Waals surface area (Å²) >= 11 is 11.2. The van der Waals surface area contributed by atoms with Gasteiger partial charge in [0.25, 0.3) is 0 Å². The zero-order chi connectivity index (χ0) is 15.0. The maximum Gasteiger partial charge on any atom is 1.00 e. The molecular formula is C15H17ClN3NaOS. The molecule has 1 aromatic carbocycles. The molecule has 0 radical (unpaired) electrons. The van der Waals surface area contributed by atoms with Crippen LogP contribution in [0.25, 0.3) is 0 Å². The summed E-state index contributed by atoms with van der Waals surface area (Å²) in [6.45, 7) is 2.38. The molecule has 1 N–H and O–H groups in total. The van der Waals surface area contributed by atoms with Crippen LogP contribution < -0.4 is 29.6 Å². The minimum atomic E-state index is -1.05. The Balaban J connectivity index is 0.00000176. The van der Waals surface area contributed by atoms with Gasteiger partial charge in [0, 0.05) is 10.2 Å². The Morgan fingerprint density at radius 1 is 1.50 bits per heavy atom. The molecular weight excluding hydrogens is 329 g/mol. The van der Waals surface area contributed by atoms with Crippen molar-refractivity contribution in [2.45, 2.75) is 37.1 Å². The summed E-state index contributed by atoms with van der Waals surface area (Å²) in [7, 11) is 0. The first-order valence-electron chi connectivity index (χ1n) is 7.04. The summed E-state index contributed by atoms with van der Waals surface area (Å²) in [6, 6.07) is 7.39. The maximum absolute atomic E-state index is 11.4. The number of aliphatic hydroxyl groups is 1. The van der Waals surface area contributed by atoms with E-state index in [0.717, 1.165) is 18.4 Å². The van der Waals surface area contributed by atoms with E-state index in [9.17, 15) is 5.11 Å². The zero-order valence-electron chi connectivity index (χ0n) is 12.7. The molecule has 112 valence electrons. The number of halogens is 1. The molecule has 3 rings (SSSR count). The van der Waals surface area contributed by atoms with Crippen molar-refractivity contribution in [3.05, 3.63) is 41.2 Å². The van der Waals surface area contributed by atoms with Gasteiger partial charge in [-0.2, -0.15) is 5.10 Å². The standard InChI is InChI=1S/C15H18ClN3OS.Na/c1-10(11-5-6-11)15(20,8-19-14(21)17-9-18-19)12-3-2-4-13(16)7-12;/h2-4,7,9-11,20H,5-6,8H2,1H3,(H,17,18,21);/q;+1/p-1. The van der Waals surface area contributed by atoms with Gasteiger partial charge in [-0.05, 0) is 42.4 Å². The fourth-order valence-corrected chi connectivity index (χ4v) is 3.18. The van der Waals surface area contributed by atoms with Gasteiger partial charge >= 0.3 is 29.6 Å². The van der Waals surface area contributed by atoms with Crippen LogP contribution in [0.5, 0.6) is 0 Å². The number of nitrogens with zero attached hydrogens (tertiary/aromatic N) is 3. The van der Waals surface area contributed by atoms with Crippen LogP contribution in [0.3, 0.4) is 0 Å². The number of hydrogen-bond donors (Lipinski definition) is 1. The largest absolute Gasteiger partial charge is 1.00 e. The normalized spacial score (nSPS) is 18.3. The van der Waals surface area contributed by atoms with Crippen LogP contribution >= 0.6 is 11.6 Å². The SMILES string of the molecule is CC(C1CC1)C(O)(Cn1ncnc1[S-])c1cccc(Cl)c1.[Na+]. The van der Waals surface area contributed by atoms with Crippen molar-refractivity contribution in [1.29, 1.82) is 0 Å². The monoisotopic (exact) mass is 345 g/mol. The quantitative estimate of drug-likeness (QED) is 0.601. The molecule has 0 amide bonds. The third kappa shape index (κ3) is 3.66. The summed E-state index contributed by atoms with van der Waals surface area (Å²) in [4.78, 5) is 3.96. The van der Waals surface area contributed by atoms with Gasteiger partial charge in [0.15, 0.2) is 0 Å². The molecule has 0 spiro atoms. The van der Waals surface area contributed by atoms with E-state index >= 15 is 0 Å². The fraction of sp³-hybridized carbons (Fsp3) is 0.467. The van der Waals surface area contributed by atoms with E-state index in [1.165, 1.54) is 6.33 Å². The van der Waals surface area contributed by atoms with Crippen LogP contribution in [-0.4, -0.2) is 19.9 Å². The average Bonchev–Trinajstić information content (AvgIpc) is 3.23. The molecule has 1 aromatic heterocycles. The third-order valence-corrected chi connectivity index (χ3v) is 4.93. The van der Waals surface area contributed by atoms with Gasteiger partial charge in [-0.25, -0.2) is 4.98 Å². The Labute approximate surface area is 163 Å². The fourth-order valence-electron chi connectivity index (χ4n) is 2.83. The predicted molar refractivity (Wildman–Crippen MR) is 82.9 cm³/mol. The van der Waals surface area contributed by atoms with Crippen LogP contribution in [0, 0.1) is 11.8 Å². The smallest absolute Gasteiger partial charge is 0.740 e. The van der Waals surface area contributed by atoms with Crippen molar-refractivity contribution >= 4 is 24.2 Å². The van der Waals surface area contributed by atoms with Crippen LogP contribution in [0.1, 0.15) is 25.3 Å². The van der Waals surface area contributed by atoms with Crippen molar-refractivity contribution in [2.24, 2.45) is 11.8 Å². The minimum Gasteiger partial charge on any atom is -0.740 e. The summed E-state index contributed by atoms with van der Waals surface area (Å²) in [5, 5.41) is 16.5. The van der Waals surface area contributed by atoms with E-state index in [1.54, 1.807) is 10.7 Å². The second-order valence-corrected chi connectivity index (χ2v) is 6.56. The molecule has 0 aliphatic heterocycles. The molecule has 1 aliphatic rings. The average molecular weight is 346 g/mol. The minimum absolute atomic E-state index is 0. The molecule has 1 saturated carbocycles. The van der Waals surface area contributed by atoms with Gasteiger partial charge in [0.1, 0.15) is 11.9 Å². The van der Waals surface area contributed by atoms with Gasteiger partial charge in [0.05, 0.1) is 6.54 Å². The van der Waals surface area contributed by atoms with E-state index in [1.807, 2.05) is 18.2 Å². The van der Waals surface area contributed by atoms with Gasteiger partial charge < -0.3 is 17.7 Å². The second-order valence-electron chi connectivity index (χ2n) is 5.76. The maximum atomic E-state index is 11.4. The molecule has 7 heteroatoms. The molecule has 1 aliphatic carbocycles. The Hall–Kier alpha value is -0.170. The Bertz CT molecular complexity index is 649. The molecule has 22 heavy (non-hydrogen) atoms. The molecule has 4 nitrogen and oxygen atoms in total. The van der Waals surface area contributed by atoms with Gasteiger partial charge in [-0.3, -0.25) is 4.68 Å². The number of aromatic nitrogens is 3. The molecule has 1 fully saturated rings. The van der Waals surface area contributed by atoms with Crippen LogP contribution in [-0.2, 0) is 24.8 Å². The molecule has 2 aromatic rings. The van der Waals surface area contributed by atoms with E-state index in [-0.39, 0.29) is 35.5 Å². The van der Waals surface area contributed by atoms with E-state index in [0.29, 0.717) is 22.6 Å². The van der Waals surface area contributed by atoms with Crippen molar-refractivity contribution in [3.63, 3.8) is 0 Å². The van der Waals surface area contributed by atoms with E-state index in [4.69, 9.17) is 24.2 Å². The first kappa shape index (κ1) is 18.2. The summed E-state index contributed by atoms with van der Waals surface area (Å²) in [5.41, 5.74) is -0.243. The predicted octanol–water partition coefficient (Wildman–Crippen LogP) is -0.225. The van der Waals surface area contributed by atoms with Crippen LogP contribution in [0.2, 0.25) is 5.02 Å². The zero-order valence-corrected chi connectivity index (χ0v) is 16.3. The number of rotatable bonds is 5. The molecule has 0 bridgehead atoms. The van der Waals surface area contributed by atoms with E-state index < -0.39 is 5.60 Å². The van der Waals surface area contributed by atoms with Gasteiger partial charge in [0.2, 0.25) is 0 Å². The Kier molecular flexibility index (Phi) is 5.91. The third-order valence-electron chi connectivity index (χ3n) is 4.38. The van der Waals surface area contributed by atoms with Crippen LogP contribution in [0.15, 0.2) is 35.7 Å². The van der Waals surface area contributed by atoms with Crippen LogP contribution in [0.4, 0.5) is 0 Å². The summed E-state index contributed by atoms with van der Waals surface area (Å²) in [5.74, 6) is 0.639. The number of hydrogen-bond acceptors (Lipinski definition) is 4. The first-order valence-corrected chi connectivity index (χ1v) is 7.82. The van der Waals surface area contributed by atoms with Crippen molar-refractivity contribution < 1.29 is 34.7 Å². The molecule has 2 atom stereocenters.